The van der Waals surface area contributed by atoms with E-state index in [1.165, 1.54) is 0 Å². The Kier molecular flexibility index (Phi) is 3.84. The van der Waals surface area contributed by atoms with Crippen LogP contribution in [0.2, 0.25) is 0 Å². The lowest BCUT2D eigenvalue weighted by Gasteiger charge is -2.07. The Hall–Kier alpha value is -2.95. The van der Waals surface area contributed by atoms with E-state index in [-0.39, 0.29) is 17.7 Å². The second-order valence-electron chi connectivity index (χ2n) is 6.52. The number of hydrogen-bond acceptors (Lipinski definition) is 3. The highest BCUT2D eigenvalue weighted by molar-refractivity contribution is 5.96. The number of hydrogen-bond donors (Lipinski definition) is 1. The van der Waals surface area contributed by atoms with Gasteiger partial charge in [-0.3, -0.25) is 9.78 Å². The van der Waals surface area contributed by atoms with Crippen LogP contribution in [0.5, 0.6) is 0 Å². The van der Waals surface area contributed by atoms with E-state index >= 15 is 0 Å². The molecule has 4 rings (SSSR count). The lowest BCUT2D eigenvalue weighted by Crippen LogP contribution is -2.15. The van der Waals surface area contributed by atoms with Crippen molar-refractivity contribution in [2.24, 2.45) is 5.92 Å². The average Bonchev–Trinajstić information content (AvgIpc) is 3.41. The predicted octanol–water partition coefficient (Wildman–Crippen LogP) is 3.63. The van der Waals surface area contributed by atoms with Gasteiger partial charge in [-0.2, -0.15) is 5.10 Å². The summed E-state index contributed by atoms with van der Waals surface area (Å²) < 4.78 is 1.87. The highest BCUT2D eigenvalue weighted by Gasteiger charge is 2.44. The molecular formula is C20H20N4O. The molecule has 1 aliphatic rings. The van der Waals surface area contributed by atoms with Gasteiger partial charge in [-0.15, -0.1) is 0 Å². The number of aryl methyl sites for hydroxylation is 1. The first-order valence-corrected chi connectivity index (χ1v) is 8.47. The summed E-state index contributed by atoms with van der Waals surface area (Å²) in [6.45, 7) is 3.90. The third-order valence-corrected chi connectivity index (χ3v) is 4.78. The van der Waals surface area contributed by atoms with Crippen molar-refractivity contribution in [2.45, 2.75) is 26.2 Å². The maximum atomic E-state index is 12.6. The largest absolute Gasteiger partial charge is 0.323 e. The number of aromatic nitrogens is 3. The minimum atomic E-state index is 0.0167. The summed E-state index contributed by atoms with van der Waals surface area (Å²) in [6.07, 6.45) is 4.48. The van der Waals surface area contributed by atoms with Crippen molar-refractivity contribution in [1.82, 2.24) is 14.8 Å². The molecule has 2 atom stereocenters. The Morgan fingerprint density at radius 3 is 2.68 bits per heavy atom. The monoisotopic (exact) mass is 332 g/mol. The van der Waals surface area contributed by atoms with Gasteiger partial charge in [0.15, 0.2) is 0 Å². The normalized spacial score (nSPS) is 18.8. The smallest absolute Gasteiger partial charge is 0.228 e. The van der Waals surface area contributed by atoms with E-state index < -0.39 is 0 Å². The van der Waals surface area contributed by atoms with Crippen LogP contribution in [0.15, 0.2) is 54.9 Å². The fourth-order valence-electron chi connectivity index (χ4n) is 3.31. The molecule has 1 N–H and O–H groups in total. The molecule has 3 aromatic rings. The molecule has 0 unspecified atom stereocenters. The molecular weight excluding hydrogens is 312 g/mol. The third kappa shape index (κ3) is 2.93. The quantitative estimate of drug-likeness (QED) is 0.794. The van der Waals surface area contributed by atoms with E-state index in [1.54, 1.807) is 6.20 Å². The molecule has 0 spiro atoms. The standard InChI is InChI=1S/C20H20N4O/c1-13-19(14(2)24(23-13)16-8-4-3-5-9-16)22-20(25)18-11-17(18)15-7-6-10-21-12-15/h3-10,12,17-18H,11H2,1-2H3,(H,22,25)/t17-,18-/m1/s1. The van der Waals surface area contributed by atoms with Crippen LogP contribution in [0.1, 0.15) is 29.3 Å². The lowest BCUT2D eigenvalue weighted by molar-refractivity contribution is -0.117. The van der Waals surface area contributed by atoms with E-state index in [0.29, 0.717) is 0 Å². The Balaban J connectivity index is 1.52. The minimum Gasteiger partial charge on any atom is -0.323 e. The topological polar surface area (TPSA) is 59.8 Å². The molecule has 1 fully saturated rings. The van der Waals surface area contributed by atoms with Crippen LogP contribution in [0.3, 0.4) is 0 Å². The Bertz CT molecular complexity index is 902. The van der Waals surface area contributed by atoms with Crippen molar-refractivity contribution >= 4 is 11.6 Å². The van der Waals surface area contributed by atoms with Crippen molar-refractivity contribution in [3.05, 3.63) is 71.8 Å². The van der Waals surface area contributed by atoms with Crippen LogP contribution in [0.4, 0.5) is 5.69 Å². The molecule has 5 heteroatoms. The highest BCUT2D eigenvalue weighted by Crippen LogP contribution is 2.47. The molecule has 25 heavy (non-hydrogen) atoms. The first-order valence-electron chi connectivity index (χ1n) is 8.47. The summed E-state index contributed by atoms with van der Waals surface area (Å²) in [4.78, 5) is 16.8. The fraction of sp³-hybridized carbons (Fsp3) is 0.250. The molecule has 5 nitrogen and oxygen atoms in total. The number of amides is 1. The molecule has 126 valence electrons. The number of carbonyl (C=O) groups excluding carboxylic acids is 1. The summed E-state index contributed by atoms with van der Waals surface area (Å²) in [7, 11) is 0. The van der Waals surface area contributed by atoms with Crippen molar-refractivity contribution < 1.29 is 4.79 Å². The van der Waals surface area contributed by atoms with Gasteiger partial charge >= 0.3 is 0 Å². The molecule has 2 aromatic heterocycles. The zero-order chi connectivity index (χ0) is 17.4. The number of para-hydroxylation sites is 1. The van der Waals surface area contributed by atoms with Gasteiger partial charge in [-0.1, -0.05) is 24.3 Å². The van der Waals surface area contributed by atoms with Crippen LogP contribution in [-0.4, -0.2) is 20.7 Å². The van der Waals surface area contributed by atoms with Gasteiger partial charge in [0, 0.05) is 18.3 Å². The summed E-state index contributed by atoms with van der Waals surface area (Å²) in [5, 5.41) is 7.67. The number of benzene rings is 1. The molecule has 1 aromatic carbocycles. The lowest BCUT2D eigenvalue weighted by atomic mass is 10.1. The number of nitrogens with one attached hydrogen (secondary N) is 1. The number of pyridine rings is 1. The zero-order valence-corrected chi connectivity index (χ0v) is 14.3. The summed E-state index contributed by atoms with van der Waals surface area (Å²) in [6, 6.07) is 13.9. The fourth-order valence-corrected chi connectivity index (χ4v) is 3.31. The number of anilines is 1. The maximum absolute atomic E-state index is 12.6. The number of rotatable bonds is 4. The Morgan fingerprint density at radius 2 is 1.96 bits per heavy atom. The summed E-state index contributed by atoms with van der Waals surface area (Å²) in [5.41, 5.74) is 4.70. The van der Waals surface area contributed by atoms with E-state index in [1.807, 2.05) is 67.2 Å². The summed E-state index contributed by atoms with van der Waals surface area (Å²) in [5.74, 6) is 0.356. The van der Waals surface area contributed by atoms with E-state index in [0.717, 1.165) is 34.7 Å². The molecule has 0 saturated heterocycles. The second-order valence-corrected chi connectivity index (χ2v) is 6.52. The number of nitrogens with zero attached hydrogens (tertiary/aromatic N) is 3. The Morgan fingerprint density at radius 1 is 1.16 bits per heavy atom. The molecule has 0 radical (unpaired) electrons. The van der Waals surface area contributed by atoms with Crippen LogP contribution in [0, 0.1) is 19.8 Å². The molecule has 1 aliphatic carbocycles. The first-order chi connectivity index (χ1) is 12.1. The van der Waals surface area contributed by atoms with Crippen LogP contribution >= 0.6 is 0 Å². The SMILES string of the molecule is Cc1nn(-c2ccccc2)c(C)c1NC(=O)[C@@H]1C[C@@H]1c1cccnc1. The molecule has 1 saturated carbocycles. The molecule has 1 amide bonds. The van der Waals surface area contributed by atoms with Crippen LogP contribution in [0.25, 0.3) is 5.69 Å². The average molecular weight is 332 g/mol. The van der Waals surface area contributed by atoms with E-state index in [2.05, 4.69) is 15.4 Å². The third-order valence-electron chi connectivity index (χ3n) is 4.78. The minimum absolute atomic E-state index is 0.0167. The van der Waals surface area contributed by atoms with Gasteiger partial charge in [0.2, 0.25) is 5.91 Å². The van der Waals surface area contributed by atoms with Crippen molar-refractivity contribution in [1.29, 1.82) is 0 Å². The van der Waals surface area contributed by atoms with Gasteiger partial charge < -0.3 is 5.32 Å². The van der Waals surface area contributed by atoms with Crippen molar-refractivity contribution in [3.8, 4) is 5.69 Å². The second kappa shape index (κ2) is 6.16. The van der Waals surface area contributed by atoms with E-state index in [4.69, 9.17) is 0 Å². The zero-order valence-electron chi connectivity index (χ0n) is 14.3. The molecule has 0 bridgehead atoms. The predicted molar refractivity (Wildman–Crippen MR) is 96.8 cm³/mol. The molecule has 2 heterocycles. The summed E-state index contributed by atoms with van der Waals surface area (Å²) >= 11 is 0. The van der Waals surface area contributed by atoms with Crippen LogP contribution < -0.4 is 5.32 Å². The Labute approximate surface area is 146 Å². The van der Waals surface area contributed by atoms with Gasteiger partial charge in [0.05, 0.1) is 22.8 Å². The van der Waals surface area contributed by atoms with Crippen LogP contribution in [-0.2, 0) is 4.79 Å². The molecule has 0 aliphatic heterocycles. The maximum Gasteiger partial charge on any atom is 0.228 e. The van der Waals surface area contributed by atoms with Gasteiger partial charge in [-0.05, 0) is 49.9 Å². The van der Waals surface area contributed by atoms with E-state index in [9.17, 15) is 4.79 Å². The van der Waals surface area contributed by atoms with Gasteiger partial charge in [0.1, 0.15) is 0 Å². The van der Waals surface area contributed by atoms with Crippen molar-refractivity contribution in [3.63, 3.8) is 0 Å². The van der Waals surface area contributed by atoms with Crippen molar-refractivity contribution in [2.75, 3.05) is 5.32 Å². The van der Waals surface area contributed by atoms with Gasteiger partial charge in [0.25, 0.3) is 0 Å². The number of carbonyl (C=O) groups is 1. The van der Waals surface area contributed by atoms with Gasteiger partial charge in [-0.25, -0.2) is 4.68 Å². The first kappa shape index (κ1) is 15.6. The highest BCUT2D eigenvalue weighted by atomic mass is 16.2.